The summed E-state index contributed by atoms with van der Waals surface area (Å²) in [6, 6.07) is 18.5. The van der Waals surface area contributed by atoms with Crippen LogP contribution >= 0.6 is 11.8 Å². The molecule has 2 aliphatic rings. The Balaban J connectivity index is 1.41. The molecule has 150 valence electrons. The fraction of sp³-hybridized carbons (Fsp3) is 0.292. The maximum absolute atomic E-state index is 13.8. The molecule has 0 unspecified atom stereocenters. The summed E-state index contributed by atoms with van der Waals surface area (Å²) in [4.78, 5) is 17.0. The molecule has 0 radical (unpaired) electrons. The molecule has 0 bridgehead atoms. The van der Waals surface area contributed by atoms with Crippen LogP contribution in [0.2, 0.25) is 0 Å². The minimum atomic E-state index is -0.362. The van der Waals surface area contributed by atoms with Gasteiger partial charge in [0.25, 0.3) is 0 Å². The summed E-state index contributed by atoms with van der Waals surface area (Å²) in [5, 5.41) is 10.6. The van der Waals surface area contributed by atoms with Gasteiger partial charge in [0.15, 0.2) is 10.9 Å². The SMILES string of the molecule is O=C(c1c[nH]c2ccccc12)[C@H](Sc1nnc(C2CC2)n1C1CC1)c1ccccc1. The van der Waals surface area contributed by atoms with Crippen molar-refractivity contribution in [1.29, 1.82) is 0 Å². The van der Waals surface area contributed by atoms with Crippen molar-refractivity contribution in [3.63, 3.8) is 0 Å². The summed E-state index contributed by atoms with van der Waals surface area (Å²) in [5.74, 6) is 1.76. The van der Waals surface area contributed by atoms with E-state index in [0.29, 0.717) is 12.0 Å². The van der Waals surface area contributed by atoms with Crippen LogP contribution in [0.25, 0.3) is 10.9 Å². The van der Waals surface area contributed by atoms with Gasteiger partial charge >= 0.3 is 0 Å². The van der Waals surface area contributed by atoms with Gasteiger partial charge in [-0.1, -0.05) is 60.3 Å². The maximum Gasteiger partial charge on any atom is 0.192 e. The van der Waals surface area contributed by atoms with Gasteiger partial charge in [0.05, 0.1) is 0 Å². The van der Waals surface area contributed by atoms with E-state index < -0.39 is 0 Å². The van der Waals surface area contributed by atoms with Gasteiger partial charge in [0.1, 0.15) is 11.1 Å². The quantitative estimate of drug-likeness (QED) is 0.312. The molecule has 4 aromatic rings. The summed E-state index contributed by atoms with van der Waals surface area (Å²) in [7, 11) is 0. The van der Waals surface area contributed by atoms with Crippen molar-refractivity contribution < 1.29 is 4.79 Å². The highest BCUT2D eigenvalue weighted by atomic mass is 32.2. The number of nitrogens with one attached hydrogen (secondary N) is 1. The number of rotatable bonds is 7. The third kappa shape index (κ3) is 3.16. The smallest absolute Gasteiger partial charge is 0.192 e. The van der Waals surface area contributed by atoms with Crippen LogP contribution in [-0.4, -0.2) is 25.5 Å². The number of carbonyl (C=O) groups excluding carboxylic acids is 1. The molecule has 0 aliphatic heterocycles. The second kappa shape index (κ2) is 7.13. The van der Waals surface area contributed by atoms with Gasteiger partial charge < -0.3 is 9.55 Å². The predicted octanol–water partition coefficient (Wildman–Crippen LogP) is 5.69. The van der Waals surface area contributed by atoms with Crippen LogP contribution in [0.3, 0.4) is 0 Å². The molecule has 0 amide bonds. The fourth-order valence-electron chi connectivity index (χ4n) is 4.09. The summed E-state index contributed by atoms with van der Waals surface area (Å²) < 4.78 is 2.32. The number of nitrogens with zero attached hydrogens (tertiary/aromatic N) is 3. The van der Waals surface area contributed by atoms with Gasteiger partial charge in [-0.25, -0.2) is 0 Å². The summed E-state index contributed by atoms with van der Waals surface area (Å²) >= 11 is 1.54. The number of H-pyrrole nitrogens is 1. The van der Waals surface area contributed by atoms with Gasteiger partial charge in [0, 0.05) is 34.6 Å². The van der Waals surface area contributed by atoms with Crippen molar-refractivity contribution >= 4 is 28.4 Å². The van der Waals surface area contributed by atoms with Crippen molar-refractivity contribution in [2.45, 2.75) is 48.0 Å². The number of ketones is 1. The van der Waals surface area contributed by atoms with E-state index in [-0.39, 0.29) is 11.0 Å². The van der Waals surface area contributed by atoms with E-state index in [1.54, 1.807) is 11.8 Å². The van der Waals surface area contributed by atoms with Crippen LogP contribution in [0.1, 0.15) is 64.6 Å². The molecule has 6 heteroatoms. The highest BCUT2D eigenvalue weighted by Gasteiger charge is 2.38. The van der Waals surface area contributed by atoms with Crippen molar-refractivity contribution in [1.82, 2.24) is 19.7 Å². The van der Waals surface area contributed by atoms with Crippen LogP contribution < -0.4 is 0 Å². The second-order valence-electron chi connectivity index (χ2n) is 8.24. The number of fused-ring (bicyclic) bond motifs is 1. The Kier molecular flexibility index (Phi) is 4.27. The number of hydrogen-bond acceptors (Lipinski definition) is 4. The Morgan fingerprint density at radius 2 is 1.77 bits per heavy atom. The fourth-order valence-corrected chi connectivity index (χ4v) is 5.27. The van der Waals surface area contributed by atoms with Crippen molar-refractivity contribution in [3.8, 4) is 0 Å². The number of aromatic nitrogens is 4. The monoisotopic (exact) mass is 414 g/mol. The minimum Gasteiger partial charge on any atom is -0.360 e. The lowest BCUT2D eigenvalue weighted by atomic mass is 10.0. The molecule has 5 nitrogen and oxygen atoms in total. The molecule has 30 heavy (non-hydrogen) atoms. The van der Waals surface area contributed by atoms with E-state index in [0.717, 1.165) is 33.0 Å². The molecular weight excluding hydrogens is 392 g/mol. The zero-order valence-electron chi connectivity index (χ0n) is 16.5. The number of thioether (sulfide) groups is 1. The molecule has 6 rings (SSSR count). The number of aromatic amines is 1. The Labute approximate surface area is 178 Å². The molecule has 2 saturated carbocycles. The molecule has 0 spiro atoms. The highest BCUT2D eigenvalue weighted by Crippen LogP contribution is 2.48. The lowest BCUT2D eigenvalue weighted by molar-refractivity contribution is 0.0991. The Hall–Kier alpha value is -2.86. The first-order valence-corrected chi connectivity index (χ1v) is 11.4. The van der Waals surface area contributed by atoms with E-state index in [1.165, 1.54) is 25.7 Å². The summed E-state index contributed by atoms with van der Waals surface area (Å²) in [6.45, 7) is 0. The third-order valence-electron chi connectivity index (χ3n) is 5.96. The third-order valence-corrected chi connectivity index (χ3v) is 7.17. The maximum atomic E-state index is 13.8. The van der Waals surface area contributed by atoms with Crippen LogP contribution in [0.15, 0.2) is 66.0 Å². The molecule has 2 heterocycles. The van der Waals surface area contributed by atoms with Gasteiger partial charge in [-0.05, 0) is 37.3 Å². The molecule has 0 saturated heterocycles. The van der Waals surface area contributed by atoms with Crippen LogP contribution in [0.4, 0.5) is 0 Å². The lowest BCUT2D eigenvalue weighted by Gasteiger charge is -2.16. The van der Waals surface area contributed by atoms with Crippen LogP contribution in [0, 0.1) is 0 Å². The minimum absolute atomic E-state index is 0.0990. The van der Waals surface area contributed by atoms with E-state index >= 15 is 0 Å². The Morgan fingerprint density at radius 3 is 2.53 bits per heavy atom. The summed E-state index contributed by atoms with van der Waals surface area (Å²) in [5.41, 5.74) is 2.71. The van der Waals surface area contributed by atoms with Gasteiger partial charge in [-0.15, -0.1) is 10.2 Å². The first-order chi connectivity index (χ1) is 14.8. The second-order valence-corrected chi connectivity index (χ2v) is 9.31. The van der Waals surface area contributed by atoms with Crippen molar-refractivity contribution in [2.24, 2.45) is 0 Å². The molecular formula is C24H22N4OS. The topological polar surface area (TPSA) is 63.6 Å². The number of para-hydroxylation sites is 1. The zero-order chi connectivity index (χ0) is 20.1. The normalized spacial score (nSPS) is 17.3. The Bertz CT molecular complexity index is 1220. The Morgan fingerprint density at radius 1 is 1.00 bits per heavy atom. The van der Waals surface area contributed by atoms with Gasteiger partial charge in [-0.2, -0.15) is 0 Å². The zero-order valence-corrected chi connectivity index (χ0v) is 17.3. The first kappa shape index (κ1) is 18.0. The standard InChI is InChI=1S/C24H22N4OS/c29-21(19-14-25-20-9-5-4-8-18(19)20)22(15-6-2-1-3-7-15)30-24-27-26-23(16-10-11-16)28(24)17-12-13-17/h1-9,14,16-17,22,25H,10-13H2/t22-/m1/s1. The molecule has 2 aliphatic carbocycles. The summed E-state index contributed by atoms with van der Waals surface area (Å²) in [6.07, 6.45) is 6.60. The molecule has 2 fully saturated rings. The largest absolute Gasteiger partial charge is 0.360 e. The number of Topliss-reactive ketones (excluding diaryl/α,β-unsaturated/α-hetero) is 1. The van der Waals surface area contributed by atoms with Gasteiger partial charge in [-0.3, -0.25) is 4.79 Å². The van der Waals surface area contributed by atoms with E-state index in [1.807, 2.05) is 60.8 Å². The van der Waals surface area contributed by atoms with Gasteiger partial charge in [0.2, 0.25) is 0 Å². The van der Waals surface area contributed by atoms with Crippen molar-refractivity contribution in [2.75, 3.05) is 0 Å². The van der Waals surface area contributed by atoms with Crippen LogP contribution in [0.5, 0.6) is 0 Å². The molecule has 1 atom stereocenters. The highest BCUT2D eigenvalue weighted by molar-refractivity contribution is 8.00. The first-order valence-electron chi connectivity index (χ1n) is 10.6. The van der Waals surface area contributed by atoms with E-state index in [9.17, 15) is 4.79 Å². The van der Waals surface area contributed by atoms with E-state index in [4.69, 9.17) is 0 Å². The average Bonchev–Trinajstić information content (AvgIpc) is 3.72. The predicted molar refractivity (Wildman–Crippen MR) is 118 cm³/mol. The molecule has 2 aromatic heterocycles. The van der Waals surface area contributed by atoms with E-state index in [2.05, 4.69) is 19.7 Å². The molecule has 2 aromatic carbocycles. The average molecular weight is 415 g/mol. The lowest BCUT2D eigenvalue weighted by Crippen LogP contribution is -2.11. The number of benzene rings is 2. The number of hydrogen-bond donors (Lipinski definition) is 1. The number of carbonyl (C=O) groups is 1. The van der Waals surface area contributed by atoms with Crippen LogP contribution in [-0.2, 0) is 0 Å². The molecule has 1 N–H and O–H groups in total. The van der Waals surface area contributed by atoms with Crippen molar-refractivity contribution in [3.05, 3.63) is 77.7 Å².